The fraction of sp³-hybridized carbons (Fsp3) is 0.111. The number of carbonyl (C=O) groups excluding carboxylic acids is 1. The van der Waals surface area contributed by atoms with E-state index in [-0.39, 0.29) is 0 Å². The molecule has 0 bridgehead atoms. The molecule has 0 saturated heterocycles. The molecule has 1 aromatic carbocycles. The van der Waals surface area contributed by atoms with Gasteiger partial charge in [0.2, 0.25) is 0 Å². The first-order valence-electron chi connectivity index (χ1n) is 3.73. The van der Waals surface area contributed by atoms with Crippen molar-refractivity contribution in [1.82, 2.24) is 5.16 Å². The zero-order chi connectivity index (χ0) is 9.42. The van der Waals surface area contributed by atoms with E-state index in [0.717, 1.165) is 21.8 Å². The van der Waals surface area contributed by atoms with E-state index in [1.165, 1.54) is 0 Å². The van der Waals surface area contributed by atoms with Crippen LogP contribution in [0.15, 0.2) is 21.1 Å². The fourth-order valence-corrected chi connectivity index (χ4v) is 1.62. The Bertz CT molecular complexity index is 476. The van der Waals surface area contributed by atoms with Crippen LogP contribution in [0, 0.1) is 6.92 Å². The van der Waals surface area contributed by atoms with E-state index in [1.54, 1.807) is 6.07 Å². The van der Waals surface area contributed by atoms with Crippen LogP contribution in [0.4, 0.5) is 0 Å². The minimum Gasteiger partial charge on any atom is -0.356 e. The van der Waals surface area contributed by atoms with Crippen molar-refractivity contribution in [2.75, 3.05) is 0 Å². The van der Waals surface area contributed by atoms with E-state index in [0.29, 0.717) is 11.1 Å². The first kappa shape index (κ1) is 8.44. The predicted molar refractivity (Wildman–Crippen MR) is 51.8 cm³/mol. The van der Waals surface area contributed by atoms with Gasteiger partial charge in [0.15, 0.2) is 11.9 Å². The number of aromatic nitrogens is 1. The molecule has 3 nitrogen and oxygen atoms in total. The fourth-order valence-electron chi connectivity index (χ4n) is 1.18. The van der Waals surface area contributed by atoms with Gasteiger partial charge >= 0.3 is 0 Å². The Kier molecular flexibility index (Phi) is 1.92. The third-order valence-corrected chi connectivity index (χ3v) is 2.58. The van der Waals surface area contributed by atoms with Gasteiger partial charge in [0.1, 0.15) is 0 Å². The SMILES string of the molecule is Cc1noc2cc(C=O)c(Br)cc12. The van der Waals surface area contributed by atoms with Crippen LogP contribution in [0.2, 0.25) is 0 Å². The summed E-state index contributed by atoms with van der Waals surface area (Å²) < 4.78 is 5.78. The van der Waals surface area contributed by atoms with Crippen molar-refractivity contribution in [2.24, 2.45) is 0 Å². The minimum atomic E-state index is 0.573. The Morgan fingerprint density at radius 3 is 3.00 bits per heavy atom. The van der Waals surface area contributed by atoms with Gasteiger partial charge in [-0.3, -0.25) is 4.79 Å². The summed E-state index contributed by atoms with van der Waals surface area (Å²) in [6, 6.07) is 3.51. The lowest BCUT2D eigenvalue weighted by Crippen LogP contribution is -1.81. The van der Waals surface area contributed by atoms with Crippen molar-refractivity contribution in [3.8, 4) is 0 Å². The molecule has 0 amide bonds. The molecule has 0 atom stereocenters. The van der Waals surface area contributed by atoms with Gasteiger partial charge in [-0.05, 0) is 19.1 Å². The van der Waals surface area contributed by atoms with Gasteiger partial charge in [-0.25, -0.2) is 0 Å². The summed E-state index contributed by atoms with van der Waals surface area (Å²) in [5, 5.41) is 4.73. The van der Waals surface area contributed by atoms with Crippen LogP contribution in [0.1, 0.15) is 16.1 Å². The molecular formula is C9H6BrNO2. The van der Waals surface area contributed by atoms with Gasteiger partial charge in [-0.15, -0.1) is 0 Å². The van der Waals surface area contributed by atoms with Gasteiger partial charge in [0, 0.05) is 15.4 Å². The maximum Gasteiger partial charge on any atom is 0.167 e. The molecule has 0 aliphatic rings. The lowest BCUT2D eigenvalue weighted by atomic mass is 10.1. The third kappa shape index (κ3) is 1.27. The Hall–Kier alpha value is -1.16. The van der Waals surface area contributed by atoms with E-state index in [1.807, 2.05) is 13.0 Å². The molecule has 0 radical (unpaired) electrons. The lowest BCUT2D eigenvalue weighted by Gasteiger charge is -1.94. The number of carbonyl (C=O) groups is 1. The molecular weight excluding hydrogens is 234 g/mol. The standard InChI is InChI=1S/C9H6BrNO2/c1-5-7-3-8(10)6(4-12)2-9(7)13-11-5/h2-4H,1H3. The van der Waals surface area contributed by atoms with E-state index in [2.05, 4.69) is 21.1 Å². The number of nitrogens with zero attached hydrogens (tertiary/aromatic N) is 1. The third-order valence-electron chi connectivity index (χ3n) is 1.90. The van der Waals surface area contributed by atoms with E-state index < -0.39 is 0 Å². The van der Waals surface area contributed by atoms with Crippen LogP contribution in [0.25, 0.3) is 11.0 Å². The highest BCUT2D eigenvalue weighted by atomic mass is 79.9. The van der Waals surface area contributed by atoms with Crippen molar-refractivity contribution in [2.45, 2.75) is 6.92 Å². The van der Waals surface area contributed by atoms with E-state index >= 15 is 0 Å². The molecule has 13 heavy (non-hydrogen) atoms. The summed E-state index contributed by atoms with van der Waals surface area (Å²) in [5.41, 5.74) is 2.04. The van der Waals surface area contributed by atoms with Gasteiger partial charge in [-0.2, -0.15) is 0 Å². The van der Waals surface area contributed by atoms with Crippen molar-refractivity contribution >= 4 is 33.2 Å². The van der Waals surface area contributed by atoms with Crippen LogP contribution in [-0.4, -0.2) is 11.4 Å². The normalized spacial score (nSPS) is 10.6. The molecule has 0 spiro atoms. The number of aryl methyl sites for hydroxylation is 1. The van der Waals surface area contributed by atoms with Crippen molar-refractivity contribution in [3.63, 3.8) is 0 Å². The number of rotatable bonds is 1. The van der Waals surface area contributed by atoms with E-state index in [9.17, 15) is 4.79 Å². The van der Waals surface area contributed by atoms with Crippen LogP contribution >= 0.6 is 15.9 Å². The molecule has 0 aliphatic carbocycles. The highest BCUT2D eigenvalue weighted by molar-refractivity contribution is 9.10. The first-order valence-corrected chi connectivity index (χ1v) is 4.52. The molecule has 0 fully saturated rings. The Morgan fingerprint density at radius 1 is 1.54 bits per heavy atom. The molecule has 0 N–H and O–H groups in total. The Labute approximate surface area is 82.8 Å². The molecule has 1 heterocycles. The van der Waals surface area contributed by atoms with Gasteiger partial charge < -0.3 is 4.52 Å². The van der Waals surface area contributed by atoms with Crippen LogP contribution in [0.5, 0.6) is 0 Å². The van der Waals surface area contributed by atoms with E-state index in [4.69, 9.17) is 4.52 Å². The lowest BCUT2D eigenvalue weighted by molar-refractivity contribution is 0.112. The molecule has 66 valence electrons. The molecule has 1 aromatic heterocycles. The van der Waals surface area contributed by atoms with Crippen LogP contribution in [0.3, 0.4) is 0 Å². The highest BCUT2D eigenvalue weighted by Crippen LogP contribution is 2.25. The molecule has 0 aliphatic heterocycles. The average Bonchev–Trinajstić information content (AvgIpc) is 2.47. The first-order chi connectivity index (χ1) is 6.22. The minimum absolute atomic E-state index is 0.573. The number of fused-ring (bicyclic) bond motifs is 1. The van der Waals surface area contributed by atoms with Gasteiger partial charge in [0.25, 0.3) is 0 Å². The maximum absolute atomic E-state index is 10.6. The monoisotopic (exact) mass is 239 g/mol. The zero-order valence-corrected chi connectivity index (χ0v) is 8.46. The van der Waals surface area contributed by atoms with Gasteiger partial charge in [-0.1, -0.05) is 21.1 Å². The zero-order valence-electron chi connectivity index (χ0n) is 6.87. The van der Waals surface area contributed by atoms with Crippen LogP contribution in [-0.2, 0) is 0 Å². The number of halogens is 1. The molecule has 4 heteroatoms. The average molecular weight is 240 g/mol. The van der Waals surface area contributed by atoms with Crippen molar-refractivity contribution in [3.05, 3.63) is 27.9 Å². The number of aldehydes is 1. The maximum atomic E-state index is 10.6. The Morgan fingerprint density at radius 2 is 2.31 bits per heavy atom. The van der Waals surface area contributed by atoms with Gasteiger partial charge in [0.05, 0.1) is 5.69 Å². The molecule has 0 unspecified atom stereocenters. The smallest absolute Gasteiger partial charge is 0.167 e. The number of hydrogen-bond acceptors (Lipinski definition) is 3. The summed E-state index contributed by atoms with van der Waals surface area (Å²) in [6.07, 6.45) is 0.779. The summed E-state index contributed by atoms with van der Waals surface area (Å²) in [7, 11) is 0. The molecule has 2 aromatic rings. The number of benzene rings is 1. The second kappa shape index (κ2) is 2.96. The summed E-state index contributed by atoms with van der Waals surface area (Å²) in [6.45, 7) is 1.86. The summed E-state index contributed by atoms with van der Waals surface area (Å²) in [5.74, 6) is 0. The second-order valence-corrected chi connectivity index (χ2v) is 3.61. The topological polar surface area (TPSA) is 43.1 Å². The molecule has 0 saturated carbocycles. The molecule has 2 rings (SSSR count). The highest BCUT2D eigenvalue weighted by Gasteiger charge is 2.07. The second-order valence-electron chi connectivity index (χ2n) is 2.76. The number of hydrogen-bond donors (Lipinski definition) is 0. The van der Waals surface area contributed by atoms with Crippen molar-refractivity contribution in [1.29, 1.82) is 0 Å². The largest absolute Gasteiger partial charge is 0.356 e. The summed E-state index contributed by atoms with van der Waals surface area (Å²) in [4.78, 5) is 10.6. The van der Waals surface area contributed by atoms with Crippen molar-refractivity contribution < 1.29 is 9.32 Å². The summed E-state index contributed by atoms with van der Waals surface area (Å²) >= 11 is 3.30. The van der Waals surface area contributed by atoms with Crippen LogP contribution < -0.4 is 0 Å². The quantitative estimate of drug-likeness (QED) is 0.719. The predicted octanol–water partition coefficient (Wildman–Crippen LogP) is 2.71. The Balaban J connectivity index is 2.83.